The number of nitrogens with zero attached hydrogens (tertiary/aromatic N) is 12. The number of hydrogen-bond donors (Lipinski definition) is 7. The Labute approximate surface area is 453 Å². The van der Waals surface area contributed by atoms with Gasteiger partial charge in [0.05, 0.1) is 49.0 Å². The van der Waals surface area contributed by atoms with Gasteiger partial charge in [0.1, 0.15) is 30.2 Å². The van der Waals surface area contributed by atoms with Crippen molar-refractivity contribution in [3.8, 4) is 0 Å². The van der Waals surface area contributed by atoms with Gasteiger partial charge in [-0.25, -0.2) is 36.8 Å². The molecule has 0 amide bonds. The van der Waals surface area contributed by atoms with E-state index < -0.39 is 62.1 Å². The van der Waals surface area contributed by atoms with Crippen LogP contribution in [0.4, 0.5) is 27.0 Å². The van der Waals surface area contributed by atoms with E-state index in [1.54, 1.807) is 0 Å². The SMILES string of the molecule is [CH2-]C(O)CCc1nc2c(s1)C1=[N+]3C2=Nc2c4sc(NCC(O)CS(=O)(=O)[O-])nc4c4n2[C@]32n3c(c5nc(NCC([CH2-])O)sc5c3=NC3=[N+]2C(=N4)c2sc(NCC(O)CS(=O)(=O)[O-])nc23)=N1.[Li+].[Li+].[Li+].[Li+]. The zero-order valence-electron chi connectivity index (χ0n) is 36.7. The molecule has 0 saturated carbocycles. The second-order valence-corrected chi connectivity index (χ2v) is 22.6. The number of aliphatic imine (C=N–C) groups is 2. The van der Waals surface area contributed by atoms with E-state index in [1.165, 1.54) is 34.0 Å². The zero-order valence-corrected chi connectivity index (χ0v) is 41.6. The molecular weight excluding hydrogens is 999 g/mol. The fourth-order valence-electron chi connectivity index (χ4n) is 8.55. The quantitative estimate of drug-likeness (QED) is 0.0205. The maximum absolute atomic E-state index is 11.4. The summed E-state index contributed by atoms with van der Waals surface area (Å²) in [6.07, 6.45) is -4.00. The summed E-state index contributed by atoms with van der Waals surface area (Å²) in [6, 6.07) is 0. The fraction of sp³-hybridized carbons (Fsp3) is 0.353. The van der Waals surface area contributed by atoms with Crippen molar-refractivity contribution in [1.82, 2.24) is 29.1 Å². The van der Waals surface area contributed by atoms with Crippen molar-refractivity contribution in [3.63, 3.8) is 0 Å². The maximum Gasteiger partial charge on any atom is 1.00 e. The number of anilines is 3. The molecule has 25 nitrogen and oxygen atoms in total. The monoisotopic (exact) mass is 1030 g/mol. The minimum Gasteiger partial charge on any atom is -0.748 e. The number of aliphatic hydroxyl groups excluding tert-OH is 4. The Balaban J connectivity index is 0.00000160. The second-order valence-electron chi connectivity index (χ2n) is 15.6. The molecule has 0 aliphatic carbocycles. The van der Waals surface area contributed by atoms with E-state index in [1.807, 2.05) is 18.3 Å². The van der Waals surface area contributed by atoms with Crippen LogP contribution < -0.4 is 102 Å². The topological polar surface area (TPSA) is 348 Å². The summed E-state index contributed by atoms with van der Waals surface area (Å²) >= 11 is 5.03. The average molecular weight is 1030 g/mol. The molecule has 1 spiro atoms. The van der Waals surface area contributed by atoms with E-state index in [2.05, 4.69) is 29.8 Å². The standard InChI is InChI=1S/C34H29N15O10S6.4Li/c1-10(50)3-4-14-38-15-19(60-14)27-43-24-16-20(61-31(39-16)35-5-11(2)51)29-44-26-18-22(63-33(41-18)37-7-13(53)9-65(57,58)59)30-45-25-17-21(62-32(40-17)36-6-12(52)8-64(54,55)56)28-42-23(15)46(27)34(47(24)29,48(25)28)49(26)30;;;;/h10-13,50-53H,1-9H2,(H3,35,36,39,40,42,54,55,56,57,58,59);;;;/q-2;4*+1/t10?,11?,12?,13?,34-;;;;/m1..../s1. The number of amidine groups is 4. The van der Waals surface area contributed by atoms with Crippen LogP contribution in [0.1, 0.15) is 32.6 Å². The molecule has 12 rings (SSSR count). The van der Waals surface area contributed by atoms with E-state index in [9.17, 15) is 46.4 Å². The van der Waals surface area contributed by atoms with Crippen molar-refractivity contribution < 1.29 is 131 Å². The summed E-state index contributed by atoms with van der Waals surface area (Å²) in [5.74, 6) is -1.09. The molecule has 7 N–H and O–H groups in total. The third kappa shape index (κ3) is 8.15. The number of aromatic nitrogens is 6. The van der Waals surface area contributed by atoms with Gasteiger partial charge in [-0.05, 0) is 12.8 Å². The molecular formula is C34H29Li4N15O10S6+2. The van der Waals surface area contributed by atoms with Gasteiger partial charge in [-0.1, -0.05) is 66.2 Å². The first kappa shape index (κ1) is 52.6. The number of hydrogen-bond acceptors (Lipinski definition) is 25. The van der Waals surface area contributed by atoms with Gasteiger partial charge in [0, 0.05) is 19.6 Å². The molecule has 6 aromatic rings. The minimum absolute atomic E-state index is 0. The minimum atomic E-state index is -4.72. The Morgan fingerprint density at radius 1 is 0.623 bits per heavy atom. The van der Waals surface area contributed by atoms with Gasteiger partial charge >= 0.3 is 81.4 Å². The Bertz CT molecular complexity index is 3670. The van der Waals surface area contributed by atoms with Gasteiger partial charge in [0.2, 0.25) is 22.6 Å². The molecule has 0 fully saturated rings. The smallest absolute Gasteiger partial charge is 0.748 e. The molecule has 5 atom stereocenters. The molecule has 4 unspecified atom stereocenters. The van der Waals surface area contributed by atoms with E-state index in [0.717, 1.165) is 16.3 Å². The van der Waals surface area contributed by atoms with Crippen LogP contribution in [0.3, 0.4) is 0 Å². The van der Waals surface area contributed by atoms with Crippen LogP contribution in [0, 0.1) is 13.8 Å². The Hall–Kier alpha value is -2.67. The van der Waals surface area contributed by atoms with Gasteiger partial charge in [-0.15, -0.1) is 20.5 Å². The summed E-state index contributed by atoms with van der Waals surface area (Å²) < 4.78 is 77.3. The van der Waals surface area contributed by atoms with E-state index in [4.69, 9.17) is 39.9 Å². The Kier molecular flexibility index (Phi) is 14.0. The van der Waals surface area contributed by atoms with Crippen LogP contribution in [0.15, 0.2) is 20.0 Å². The average Bonchev–Trinajstić information content (AvgIpc) is 4.08. The van der Waals surface area contributed by atoms with E-state index >= 15 is 0 Å². The van der Waals surface area contributed by atoms with E-state index in [-0.39, 0.29) is 105 Å². The second kappa shape index (κ2) is 18.4. The first-order chi connectivity index (χ1) is 30.9. The molecule has 12 heterocycles. The largest absolute Gasteiger partial charge is 1.00 e. The third-order valence-electron chi connectivity index (χ3n) is 10.9. The van der Waals surface area contributed by atoms with Crippen LogP contribution in [-0.2, 0) is 32.6 Å². The summed E-state index contributed by atoms with van der Waals surface area (Å²) in [6.45, 7) is 6.89. The van der Waals surface area contributed by atoms with Crippen molar-refractivity contribution in [1.29, 1.82) is 0 Å². The van der Waals surface area contributed by atoms with Gasteiger partial charge in [-0.3, -0.25) is 0 Å². The summed E-state index contributed by atoms with van der Waals surface area (Å²) in [5, 5.41) is 51.6. The number of aliphatic hydroxyl groups is 4. The summed E-state index contributed by atoms with van der Waals surface area (Å²) in [5.41, 5.74) is 2.67. The number of aryl methyl sites for hydroxylation is 1. The van der Waals surface area contributed by atoms with Gasteiger partial charge in [-0.2, -0.15) is 9.13 Å². The van der Waals surface area contributed by atoms with E-state index in [0.29, 0.717) is 106 Å². The molecule has 0 bridgehead atoms. The molecule has 35 heteroatoms. The molecule has 0 radical (unpaired) electrons. The van der Waals surface area contributed by atoms with Crippen LogP contribution in [0.5, 0.6) is 0 Å². The first-order valence-corrected chi connectivity index (χ1v) is 25.9. The predicted octanol–water partition coefficient (Wildman–Crippen LogP) is -14.1. The number of nitrogens with one attached hydrogen (secondary N) is 3. The van der Waals surface area contributed by atoms with Crippen LogP contribution >= 0.6 is 45.3 Å². The van der Waals surface area contributed by atoms with Crippen molar-refractivity contribution in [3.05, 3.63) is 51.0 Å². The molecule has 6 aromatic heterocycles. The molecule has 69 heavy (non-hydrogen) atoms. The third-order valence-corrected chi connectivity index (χ3v) is 16.6. The molecule has 0 aromatic carbocycles. The fourth-order valence-corrected chi connectivity index (χ4v) is 13.6. The normalized spacial score (nSPS) is 19.0. The summed E-state index contributed by atoms with van der Waals surface area (Å²) in [7, 11) is -9.44. The predicted molar refractivity (Wildman–Crippen MR) is 234 cm³/mol. The van der Waals surface area contributed by atoms with Crippen molar-refractivity contribution in [2.45, 2.75) is 43.2 Å². The molecule has 0 saturated heterocycles. The van der Waals surface area contributed by atoms with Crippen LogP contribution in [0.25, 0.3) is 20.4 Å². The summed E-state index contributed by atoms with van der Waals surface area (Å²) in [4.78, 5) is 42.1. The number of fused-ring (bicyclic) bond motifs is 12. The van der Waals surface area contributed by atoms with Crippen molar-refractivity contribution >= 4 is 136 Å². The number of thiazole rings is 4. The molecule has 338 valence electrons. The van der Waals surface area contributed by atoms with Gasteiger partial charge in [0.25, 0.3) is 23.3 Å². The zero-order chi connectivity index (χ0) is 45.2. The Morgan fingerprint density at radius 2 is 1.20 bits per heavy atom. The van der Waals surface area contributed by atoms with Crippen molar-refractivity contribution in [2.75, 3.05) is 47.1 Å². The maximum atomic E-state index is 11.4. The molecule has 6 aliphatic heterocycles. The van der Waals surface area contributed by atoms with Crippen LogP contribution in [-0.4, -0.2) is 163 Å². The molecule has 6 aliphatic rings. The van der Waals surface area contributed by atoms with Crippen molar-refractivity contribution in [2.24, 2.45) is 20.0 Å². The number of rotatable bonds is 16. The van der Waals surface area contributed by atoms with Crippen LogP contribution in [0.2, 0.25) is 0 Å². The first-order valence-electron chi connectivity index (χ1n) is 19.4. The Morgan fingerprint density at radius 3 is 1.84 bits per heavy atom. The van der Waals surface area contributed by atoms with Gasteiger partial charge in [0.15, 0.2) is 26.8 Å². The van der Waals surface area contributed by atoms with Gasteiger partial charge < -0.3 is 59.3 Å².